The molecule has 2 atom stereocenters. The highest BCUT2D eigenvalue weighted by Crippen LogP contribution is 2.35. The Morgan fingerprint density at radius 1 is 1.25 bits per heavy atom. The fourth-order valence-corrected chi connectivity index (χ4v) is 2.08. The Morgan fingerprint density at radius 3 is 2.25 bits per heavy atom. The molecule has 1 aliphatic rings. The lowest BCUT2D eigenvalue weighted by atomic mass is 9.73. The Hall–Kier alpha value is -0.0400. The molecular formula is C11H23N. The van der Waals surface area contributed by atoms with Gasteiger partial charge >= 0.3 is 0 Å². The minimum atomic E-state index is 0.509. The predicted octanol–water partition coefficient (Wildman–Crippen LogP) is 2.76. The molecule has 1 fully saturated rings. The molecule has 2 unspecified atom stereocenters. The Kier molecular flexibility index (Phi) is 2.82. The van der Waals surface area contributed by atoms with E-state index in [1.807, 2.05) is 0 Å². The molecule has 1 heteroatoms. The van der Waals surface area contributed by atoms with Gasteiger partial charge in [-0.2, -0.15) is 0 Å². The van der Waals surface area contributed by atoms with Crippen molar-refractivity contribution in [2.45, 2.75) is 46.6 Å². The van der Waals surface area contributed by atoms with Crippen molar-refractivity contribution < 1.29 is 0 Å². The third kappa shape index (κ3) is 2.22. The van der Waals surface area contributed by atoms with Crippen LogP contribution in [-0.2, 0) is 0 Å². The molecule has 0 aromatic heterocycles. The van der Waals surface area contributed by atoms with Gasteiger partial charge in [-0.1, -0.05) is 20.8 Å². The highest BCUT2D eigenvalue weighted by Gasteiger charge is 2.30. The van der Waals surface area contributed by atoms with Crippen molar-refractivity contribution >= 4 is 0 Å². The second-order valence-corrected chi connectivity index (χ2v) is 5.42. The van der Waals surface area contributed by atoms with Gasteiger partial charge in [0.1, 0.15) is 0 Å². The molecule has 0 saturated carbocycles. The van der Waals surface area contributed by atoms with Gasteiger partial charge in [-0.3, -0.25) is 0 Å². The molecule has 0 radical (unpaired) electrons. The molecule has 1 saturated heterocycles. The van der Waals surface area contributed by atoms with Gasteiger partial charge in [0.2, 0.25) is 0 Å². The summed E-state index contributed by atoms with van der Waals surface area (Å²) in [5.41, 5.74) is 0.509. The maximum atomic E-state index is 2.47. The van der Waals surface area contributed by atoms with Crippen molar-refractivity contribution in [3.05, 3.63) is 0 Å². The molecule has 0 spiro atoms. The van der Waals surface area contributed by atoms with Crippen LogP contribution in [0.3, 0.4) is 0 Å². The first-order valence-corrected chi connectivity index (χ1v) is 5.11. The topological polar surface area (TPSA) is 3.24 Å². The summed E-state index contributed by atoms with van der Waals surface area (Å²) in [7, 11) is 2.24. The summed E-state index contributed by atoms with van der Waals surface area (Å²) in [5, 5.41) is 0. The Labute approximate surface area is 77.1 Å². The highest BCUT2D eigenvalue weighted by atomic mass is 15.1. The van der Waals surface area contributed by atoms with Gasteiger partial charge in [-0.15, -0.1) is 0 Å². The first-order chi connectivity index (χ1) is 5.41. The van der Waals surface area contributed by atoms with Gasteiger partial charge in [-0.25, -0.2) is 0 Å². The van der Waals surface area contributed by atoms with Crippen molar-refractivity contribution in [1.82, 2.24) is 4.90 Å². The molecule has 72 valence electrons. The van der Waals surface area contributed by atoms with Crippen LogP contribution in [0.25, 0.3) is 0 Å². The summed E-state index contributed by atoms with van der Waals surface area (Å²) in [6.45, 7) is 10.7. The fourth-order valence-electron chi connectivity index (χ4n) is 2.08. The SMILES string of the molecule is CC1CC(C(C)(C)C)CCN1C. The molecule has 12 heavy (non-hydrogen) atoms. The smallest absolute Gasteiger partial charge is 0.00667 e. The van der Waals surface area contributed by atoms with Crippen LogP contribution in [0.5, 0.6) is 0 Å². The van der Waals surface area contributed by atoms with Gasteiger partial charge in [-0.05, 0) is 44.7 Å². The maximum absolute atomic E-state index is 2.47. The van der Waals surface area contributed by atoms with E-state index in [1.165, 1.54) is 19.4 Å². The second-order valence-electron chi connectivity index (χ2n) is 5.42. The van der Waals surface area contributed by atoms with E-state index in [1.54, 1.807) is 0 Å². The first-order valence-electron chi connectivity index (χ1n) is 5.11. The monoisotopic (exact) mass is 169 g/mol. The van der Waals surface area contributed by atoms with E-state index in [0.717, 1.165) is 12.0 Å². The first kappa shape index (κ1) is 10.0. The zero-order chi connectivity index (χ0) is 9.35. The summed E-state index contributed by atoms with van der Waals surface area (Å²) in [5.74, 6) is 0.920. The lowest BCUT2D eigenvalue weighted by molar-refractivity contribution is 0.0881. The van der Waals surface area contributed by atoms with Crippen molar-refractivity contribution in [3.63, 3.8) is 0 Å². The third-order valence-corrected chi connectivity index (χ3v) is 3.43. The van der Waals surface area contributed by atoms with Crippen LogP contribution >= 0.6 is 0 Å². The normalized spacial score (nSPS) is 33.8. The predicted molar refractivity (Wildman–Crippen MR) is 54.3 cm³/mol. The number of nitrogens with zero attached hydrogens (tertiary/aromatic N) is 1. The van der Waals surface area contributed by atoms with E-state index in [2.05, 4.69) is 39.6 Å². The van der Waals surface area contributed by atoms with Crippen molar-refractivity contribution in [3.8, 4) is 0 Å². The van der Waals surface area contributed by atoms with Gasteiger partial charge in [0.15, 0.2) is 0 Å². The third-order valence-electron chi connectivity index (χ3n) is 3.43. The Balaban J connectivity index is 2.51. The number of hydrogen-bond donors (Lipinski definition) is 0. The standard InChI is InChI=1S/C11H23N/c1-9-8-10(11(2,3)4)6-7-12(9)5/h9-10H,6-8H2,1-5H3. The average molecular weight is 169 g/mol. The number of hydrogen-bond acceptors (Lipinski definition) is 1. The average Bonchev–Trinajstić information content (AvgIpc) is 1.92. The molecular weight excluding hydrogens is 146 g/mol. The highest BCUT2D eigenvalue weighted by molar-refractivity contribution is 4.83. The van der Waals surface area contributed by atoms with Crippen LogP contribution in [0.15, 0.2) is 0 Å². The largest absolute Gasteiger partial charge is 0.304 e. The van der Waals surface area contributed by atoms with Gasteiger partial charge in [0.05, 0.1) is 0 Å². The summed E-state index contributed by atoms with van der Waals surface area (Å²) >= 11 is 0. The number of likely N-dealkylation sites (tertiary alicyclic amines) is 1. The van der Waals surface area contributed by atoms with Crippen LogP contribution in [0.1, 0.15) is 40.5 Å². The molecule has 1 nitrogen and oxygen atoms in total. The lowest BCUT2D eigenvalue weighted by Crippen LogP contribution is -2.41. The lowest BCUT2D eigenvalue weighted by Gasteiger charge is -2.41. The molecule has 0 N–H and O–H groups in total. The van der Waals surface area contributed by atoms with E-state index >= 15 is 0 Å². The Morgan fingerprint density at radius 2 is 1.83 bits per heavy atom. The summed E-state index contributed by atoms with van der Waals surface area (Å²) in [6.07, 6.45) is 2.75. The van der Waals surface area contributed by atoms with Crippen LogP contribution in [0.4, 0.5) is 0 Å². The van der Waals surface area contributed by atoms with Gasteiger partial charge < -0.3 is 4.90 Å². The maximum Gasteiger partial charge on any atom is 0.00667 e. The number of piperidine rings is 1. The van der Waals surface area contributed by atoms with Crippen LogP contribution < -0.4 is 0 Å². The summed E-state index contributed by atoms with van der Waals surface area (Å²) < 4.78 is 0. The van der Waals surface area contributed by atoms with E-state index in [-0.39, 0.29) is 0 Å². The van der Waals surface area contributed by atoms with E-state index in [4.69, 9.17) is 0 Å². The van der Waals surface area contributed by atoms with Crippen LogP contribution in [-0.4, -0.2) is 24.5 Å². The van der Waals surface area contributed by atoms with Crippen LogP contribution in [0.2, 0.25) is 0 Å². The fraction of sp³-hybridized carbons (Fsp3) is 1.00. The zero-order valence-corrected chi connectivity index (χ0v) is 9.22. The number of rotatable bonds is 0. The zero-order valence-electron chi connectivity index (χ0n) is 9.22. The molecule has 1 heterocycles. The molecule has 0 aliphatic carbocycles. The minimum Gasteiger partial charge on any atom is -0.304 e. The van der Waals surface area contributed by atoms with E-state index in [0.29, 0.717) is 5.41 Å². The summed E-state index contributed by atoms with van der Waals surface area (Å²) in [4.78, 5) is 2.47. The van der Waals surface area contributed by atoms with Crippen LogP contribution in [0, 0.1) is 11.3 Å². The van der Waals surface area contributed by atoms with Crippen molar-refractivity contribution in [1.29, 1.82) is 0 Å². The summed E-state index contributed by atoms with van der Waals surface area (Å²) in [6, 6.07) is 0.781. The van der Waals surface area contributed by atoms with E-state index < -0.39 is 0 Å². The quantitative estimate of drug-likeness (QED) is 0.539. The molecule has 0 aromatic rings. The van der Waals surface area contributed by atoms with E-state index in [9.17, 15) is 0 Å². The van der Waals surface area contributed by atoms with Crippen molar-refractivity contribution in [2.75, 3.05) is 13.6 Å². The van der Waals surface area contributed by atoms with Gasteiger partial charge in [0.25, 0.3) is 0 Å². The second kappa shape index (κ2) is 3.37. The molecule has 0 aromatic carbocycles. The molecule has 1 rings (SSSR count). The molecule has 0 bridgehead atoms. The Bertz CT molecular complexity index is 146. The minimum absolute atomic E-state index is 0.509. The molecule has 0 amide bonds. The van der Waals surface area contributed by atoms with Crippen molar-refractivity contribution in [2.24, 2.45) is 11.3 Å². The van der Waals surface area contributed by atoms with Gasteiger partial charge in [0, 0.05) is 6.04 Å². The molecule has 1 aliphatic heterocycles.